The summed E-state index contributed by atoms with van der Waals surface area (Å²) in [6.07, 6.45) is 0. The third-order valence-corrected chi connectivity index (χ3v) is 3.84. The molecule has 0 bridgehead atoms. The lowest BCUT2D eigenvalue weighted by Crippen LogP contribution is -1.92. The van der Waals surface area contributed by atoms with Crippen LogP contribution in [-0.4, -0.2) is 20.3 Å². The third kappa shape index (κ3) is 2.59. The monoisotopic (exact) mass is 256 g/mol. The molecule has 0 aliphatic rings. The van der Waals surface area contributed by atoms with Gasteiger partial charge in [-0.15, -0.1) is 10.2 Å². The highest BCUT2D eigenvalue weighted by Crippen LogP contribution is 2.34. The Morgan fingerprint density at radius 2 is 2.19 bits per heavy atom. The van der Waals surface area contributed by atoms with Gasteiger partial charge in [-0.1, -0.05) is 42.1 Å². The third-order valence-electron chi connectivity index (χ3n) is 1.94. The fourth-order valence-electron chi connectivity index (χ4n) is 1.06. The minimum Gasteiger partial charge on any atom is -0.338 e. The molecule has 5 nitrogen and oxygen atoms in total. The number of hydrogen-bond donors (Lipinski definition) is 0. The Morgan fingerprint density at radius 1 is 1.38 bits per heavy atom. The summed E-state index contributed by atoms with van der Waals surface area (Å²) in [4.78, 5) is 4.35. The normalized spacial score (nSPS) is 13.2. The van der Waals surface area contributed by atoms with Crippen molar-refractivity contribution in [2.24, 2.45) is 0 Å². The van der Waals surface area contributed by atoms with E-state index in [1.165, 1.54) is 11.3 Å². The fraction of sp³-hybridized carbons (Fsp3) is 0.556. The van der Waals surface area contributed by atoms with Gasteiger partial charge < -0.3 is 4.52 Å². The quantitative estimate of drug-likeness (QED) is 0.784. The van der Waals surface area contributed by atoms with Gasteiger partial charge in [-0.25, -0.2) is 0 Å². The van der Waals surface area contributed by atoms with Crippen LogP contribution in [0, 0.1) is 0 Å². The molecule has 0 aliphatic carbocycles. The van der Waals surface area contributed by atoms with E-state index in [0.29, 0.717) is 5.89 Å². The van der Waals surface area contributed by atoms with Crippen molar-refractivity contribution in [3.63, 3.8) is 0 Å². The van der Waals surface area contributed by atoms with E-state index in [4.69, 9.17) is 4.52 Å². The van der Waals surface area contributed by atoms with E-state index in [2.05, 4.69) is 20.3 Å². The van der Waals surface area contributed by atoms with Crippen LogP contribution in [0.1, 0.15) is 43.7 Å². The number of hydrogen-bond acceptors (Lipinski definition) is 7. The molecule has 86 valence electrons. The van der Waals surface area contributed by atoms with Gasteiger partial charge in [-0.05, 0) is 6.92 Å². The van der Waals surface area contributed by atoms with Crippen molar-refractivity contribution in [1.82, 2.24) is 20.3 Å². The van der Waals surface area contributed by atoms with Crippen molar-refractivity contribution in [3.05, 3.63) is 17.2 Å². The van der Waals surface area contributed by atoms with Crippen molar-refractivity contribution >= 4 is 23.1 Å². The molecule has 7 heteroatoms. The average Bonchev–Trinajstić information content (AvgIpc) is 2.86. The Hall–Kier alpha value is -0.950. The van der Waals surface area contributed by atoms with E-state index >= 15 is 0 Å². The molecule has 2 aromatic rings. The second-order valence-electron chi connectivity index (χ2n) is 3.61. The summed E-state index contributed by atoms with van der Waals surface area (Å²) in [5, 5.41) is 11.8. The number of nitrogens with zero attached hydrogens (tertiary/aromatic N) is 4. The van der Waals surface area contributed by atoms with Crippen LogP contribution in [0.25, 0.3) is 0 Å². The van der Waals surface area contributed by atoms with Gasteiger partial charge in [-0.2, -0.15) is 4.98 Å². The molecule has 1 atom stereocenters. The summed E-state index contributed by atoms with van der Waals surface area (Å²) < 4.78 is 6.12. The molecular weight excluding hydrogens is 244 g/mol. The minimum atomic E-state index is 0.105. The zero-order valence-electron chi connectivity index (χ0n) is 9.25. The average molecular weight is 256 g/mol. The Bertz CT molecular complexity index is 440. The molecule has 0 fully saturated rings. The van der Waals surface area contributed by atoms with Gasteiger partial charge in [-0.3, -0.25) is 0 Å². The lowest BCUT2D eigenvalue weighted by molar-refractivity contribution is 0.373. The van der Waals surface area contributed by atoms with E-state index in [-0.39, 0.29) is 11.2 Å². The molecule has 0 amide bonds. The van der Waals surface area contributed by atoms with E-state index < -0.39 is 0 Å². The van der Waals surface area contributed by atoms with E-state index in [0.717, 1.165) is 10.2 Å². The lowest BCUT2D eigenvalue weighted by Gasteiger charge is -2.01. The Morgan fingerprint density at radius 3 is 2.75 bits per heavy atom. The first-order valence-electron chi connectivity index (χ1n) is 4.93. The van der Waals surface area contributed by atoms with Crippen LogP contribution < -0.4 is 0 Å². The van der Waals surface area contributed by atoms with E-state index in [9.17, 15) is 0 Å². The van der Waals surface area contributed by atoms with Crippen molar-refractivity contribution < 1.29 is 4.52 Å². The lowest BCUT2D eigenvalue weighted by atomic mass is 10.2. The van der Waals surface area contributed by atoms with Gasteiger partial charge in [0.1, 0.15) is 5.51 Å². The number of thioether (sulfide) groups is 1. The van der Waals surface area contributed by atoms with Gasteiger partial charge in [0.2, 0.25) is 5.89 Å². The molecular formula is C9H12N4OS2. The maximum absolute atomic E-state index is 5.21. The van der Waals surface area contributed by atoms with Crippen molar-refractivity contribution in [1.29, 1.82) is 0 Å². The van der Waals surface area contributed by atoms with Crippen LogP contribution in [0.5, 0.6) is 0 Å². The van der Waals surface area contributed by atoms with E-state index in [1.54, 1.807) is 17.3 Å². The predicted octanol–water partition coefficient (Wildman–Crippen LogP) is 2.90. The zero-order chi connectivity index (χ0) is 11.5. The topological polar surface area (TPSA) is 64.7 Å². The Kier molecular flexibility index (Phi) is 3.55. The highest BCUT2D eigenvalue weighted by molar-refractivity contribution is 8.01. The van der Waals surface area contributed by atoms with Crippen molar-refractivity contribution in [3.8, 4) is 0 Å². The van der Waals surface area contributed by atoms with Crippen molar-refractivity contribution in [2.45, 2.75) is 36.3 Å². The smallest absolute Gasteiger partial charge is 0.239 e. The summed E-state index contributed by atoms with van der Waals surface area (Å²) in [7, 11) is 0. The molecule has 2 heterocycles. The van der Waals surface area contributed by atoms with Gasteiger partial charge in [0.15, 0.2) is 10.2 Å². The van der Waals surface area contributed by atoms with E-state index in [1.807, 2.05) is 20.8 Å². The zero-order valence-corrected chi connectivity index (χ0v) is 10.9. The molecule has 0 aromatic carbocycles. The highest BCUT2D eigenvalue weighted by atomic mass is 32.2. The summed E-state index contributed by atoms with van der Waals surface area (Å²) in [6, 6.07) is 0. The second-order valence-corrected chi connectivity index (χ2v) is 6.03. The first-order chi connectivity index (χ1) is 7.66. The summed E-state index contributed by atoms with van der Waals surface area (Å²) in [6.45, 7) is 6.10. The molecule has 2 rings (SSSR count). The van der Waals surface area contributed by atoms with Crippen LogP contribution in [0.3, 0.4) is 0 Å². The van der Waals surface area contributed by atoms with Gasteiger partial charge >= 0.3 is 0 Å². The molecule has 0 radical (unpaired) electrons. The summed E-state index contributed by atoms with van der Waals surface area (Å²) in [5.74, 6) is 1.68. The van der Waals surface area contributed by atoms with Crippen molar-refractivity contribution in [2.75, 3.05) is 0 Å². The Labute approximate surface area is 102 Å². The summed E-state index contributed by atoms with van der Waals surface area (Å²) >= 11 is 3.09. The number of aromatic nitrogens is 4. The van der Waals surface area contributed by atoms with Crippen LogP contribution in [0.2, 0.25) is 0 Å². The molecule has 0 N–H and O–H groups in total. The largest absolute Gasteiger partial charge is 0.338 e. The predicted molar refractivity (Wildman–Crippen MR) is 62.6 cm³/mol. The second kappa shape index (κ2) is 4.92. The van der Waals surface area contributed by atoms with Crippen LogP contribution in [-0.2, 0) is 0 Å². The number of rotatable bonds is 4. The first-order valence-corrected chi connectivity index (χ1v) is 6.69. The van der Waals surface area contributed by atoms with Gasteiger partial charge in [0.05, 0.1) is 5.25 Å². The summed E-state index contributed by atoms with van der Waals surface area (Å²) in [5.41, 5.74) is 1.71. The highest BCUT2D eigenvalue weighted by Gasteiger charge is 2.18. The molecule has 0 aliphatic heterocycles. The molecule has 1 unspecified atom stereocenters. The molecule has 2 aromatic heterocycles. The maximum Gasteiger partial charge on any atom is 0.239 e. The molecule has 0 spiro atoms. The molecule has 0 saturated carbocycles. The molecule has 0 saturated heterocycles. The van der Waals surface area contributed by atoms with Crippen LogP contribution in [0.4, 0.5) is 0 Å². The Balaban J connectivity index is 2.06. The minimum absolute atomic E-state index is 0.105. The van der Waals surface area contributed by atoms with Gasteiger partial charge in [0, 0.05) is 5.92 Å². The maximum atomic E-state index is 5.21. The van der Waals surface area contributed by atoms with Crippen LogP contribution >= 0.6 is 23.1 Å². The standard InChI is InChI=1S/C9H12N4OS2/c1-5(2)7-11-8(14-13-7)6(3)16-9-12-10-4-15-9/h4-6H,1-3H3. The first kappa shape index (κ1) is 11.5. The molecule has 16 heavy (non-hydrogen) atoms. The fourth-order valence-corrected chi connectivity index (χ4v) is 2.72. The SMILES string of the molecule is CC(C)c1noc(C(C)Sc2nncs2)n1. The van der Waals surface area contributed by atoms with Gasteiger partial charge in [0.25, 0.3) is 0 Å². The van der Waals surface area contributed by atoms with Crippen LogP contribution in [0.15, 0.2) is 14.4 Å².